The van der Waals surface area contributed by atoms with Crippen LogP contribution in [0.1, 0.15) is 23.0 Å². The van der Waals surface area contributed by atoms with Gasteiger partial charge in [-0.3, -0.25) is 0 Å². The molecular formula is C10H10F3NO3. The first-order chi connectivity index (χ1) is 7.82. The minimum atomic E-state index is -4.47. The van der Waals surface area contributed by atoms with Gasteiger partial charge in [0.25, 0.3) is 0 Å². The molecular weight excluding hydrogens is 239 g/mol. The van der Waals surface area contributed by atoms with E-state index in [2.05, 4.69) is 9.72 Å². The van der Waals surface area contributed by atoms with Gasteiger partial charge in [0.15, 0.2) is 11.8 Å². The lowest BCUT2D eigenvalue weighted by Crippen LogP contribution is -2.28. The van der Waals surface area contributed by atoms with Crippen LogP contribution in [0.25, 0.3) is 0 Å². The van der Waals surface area contributed by atoms with Crippen LogP contribution in [0.5, 0.6) is 0 Å². The molecule has 0 radical (unpaired) electrons. The number of alkyl halides is 3. The number of hydrogen-bond acceptors (Lipinski definition) is 3. The molecule has 7 heteroatoms. The Morgan fingerprint density at radius 2 is 2.24 bits per heavy atom. The summed E-state index contributed by atoms with van der Waals surface area (Å²) in [6.07, 6.45) is -5.17. The van der Waals surface area contributed by atoms with E-state index in [0.717, 1.165) is 6.92 Å². The number of halogens is 3. The van der Waals surface area contributed by atoms with Crippen molar-refractivity contribution in [1.29, 1.82) is 0 Å². The Bertz CT molecular complexity index is 406. The van der Waals surface area contributed by atoms with Crippen molar-refractivity contribution < 1.29 is 27.8 Å². The monoisotopic (exact) mass is 249 g/mol. The van der Waals surface area contributed by atoms with Gasteiger partial charge in [0, 0.05) is 11.8 Å². The molecule has 1 aromatic heterocycles. The summed E-state index contributed by atoms with van der Waals surface area (Å²) in [5, 5.41) is 8.75. The molecule has 0 aliphatic rings. The minimum absolute atomic E-state index is 0.108. The van der Waals surface area contributed by atoms with Crippen LogP contribution in [0.2, 0.25) is 0 Å². The van der Waals surface area contributed by atoms with Crippen molar-refractivity contribution >= 4 is 5.97 Å². The Kier molecular flexibility index (Phi) is 4.06. The van der Waals surface area contributed by atoms with E-state index in [9.17, 15) is 18.0 Å². The van der Waals surface area contributed by atoms with Gasteiger partial charge >= 0.3 is 12.1 Å². The summed E-state index contributed by atoms with van der Waals surface area (Å²) in [6.45, 7) is 0.410. The molecule has 17 heavy (non-hydrogen) atoms. The van der Waals surface area contributed by atoms with Crippen LogP contribution in [-0.2, 0) is 11.3 Å². The maximum atomic E-state index is 12.2. The standard InChI is InChI=1S/C10H10F3NO3/c1-6(10(11,12)13)17-5-7-3-2-4-14-8(7)9(15)16/h2-4,6H,5H2,1H3,(H,15,16). The molecule has 1 rings (SSSR count). The van der Waals surface area contributed by atoms with E-state index in [-0.39, 0.29) is 11.3 Å². The van der Waals surface area contributed by atoms with E-state index in [1.807, 2.05) is 0 Å². The van der Waals surface area contributed by atoms with Crippen molar-refractivity contribution in [2.75, 3.05) is 0 Å². The molecule has 0 spiro atoms. The molecule has 0 aliphatic carbocycles. The molecule has 1 atom stereocenters. The summed E-state index contributed by atoms with van der Waals surface area (Å²) >= 11 is 0. The highest BCUT2D eigenvalue weighted by atomic mass is 19.4. The summed E-state index contributed by atoms with van der Waals surface area (Å²) in [5.41, 5.74) is -0.196. The van der Waals surface area contributed by atoms with Gasteiger partial charge < -0.3 is 9.84 Å². The van der Waals surface area contributed by atoms with Crippen LogP contribution in [-0.4, -0.2) is 28.3 Å². The Labute approximate surface area is 95.0 Å². The van der Waals surface area contributed by atoms with Crippen LogP contribution < -0.4 is 0 Å². The van der Waals surface area contributed by atoms with E-state index >= 15 is 0 Å². The van der Waals surface area contributed by atoms with Crippen LogP contribution in [0.4, 0.5) is 13.2 Å². The zero-order valence-corrected chi connectivity index (χ0v) is 8.86. The van der Waals surface area contributed by atoms with Crippen molar-refractivity contribution in [3.8, 4) is 0 Å². The predicted octanol–water partition coefficient (Wildman–Crippen LogP) is 2.25. The van der Waals surface area contributed by atoms with E-state index in [1.54, 1.807) is 0 Å². The highest BCUT2D eigenvalue weighted by molar-refractivity contribution is 5.86. The van der Waals surface area contributed by atoms with Gasteiger partial charge in [0.2, 0.25) is 0 Å². The summed E-state index contributed by atoms with van der Waals surface area (Å²) in [6, 6.07) is 2.79. The number of aromatic nitrogens is 1. The summed E-state index contributed by atoms with van der Waals surface area (Å²) < 4.78 is 41.0. The van der Waals surface area contributed by atoms with E-state index < -0.39 is 24.9 Å². The van der Waals surface area contributed by atoms with Crippen LogP contribution >= 0.6 is 0 Å². The first-order valence-electron chi connectivity index (χ1n) is 4.68. The van der Waals surface area contributed by atoms with Crippen molar-refractivity contribution in [2.45, 2.75) is 25.8 Å². The fraction of sp³-hybridized carbons (Fsp3) is 0.400. The Balaban J connectivity index is 2.73. The van der Waals surface area contributed by atoms with Crippen LogP contribution in [0.3, 0.4) is 0 Å². The number of rotatable bonds is 4. The zero-order chi connectivity index (χ0) is 13.1. The SMILES string of the molecule is CC(OCc1cccnc1C(=O)O)C(F)(F)F. The second-order valence-electron chi connectivity index (χ2n) is 3.31. The molecule has 0 fully saturated rings. The average molecular weight is 249 g/mol. The van der Waals surface area contributed by atoms with Gasteiger partial charge in [0.05, 0.1) is 6.61 Å². The topological polar surface area (TPSA) is 59.4 Å². The molecule has 1 unspecified atom stereocenters. The molecule has 0 bridgehead atoms. The average Bonchev–Trinajstić information content (AvgIpc) is 2.24. The zero-order valence-electron chi connectivity index (χ0n) is 8.86. The van der Waals surface area contributed by atoms with Gasteiger partial charge in [-0.15, -0.1) is 0 Å². The molecule has 4 nitrogen and oxygen atoms in total. The second-order valence-corrected chi connectivity index (χ2v) is 3.31. The highest BCUT2D eigenvalue weighted by Crippen LogP contribution is 2.23. The quantitative estimate of drug-likeness (QED) is 0.889. The number of pyridine rings is 1. The largest absolute Gasteiger partial charge is 0.477 e. The molecule has 1 heterocycles. The number of hydrogen-bond donors (Lipinski definition) is 1. The maximum Gasteiger partial charge on any atom is 0.414 e. The number of ether oxygens (including phenoxy) is 1. The van der Waals surface area contributed by atoms with E-state index in [1.165, 1.54) is 18.3 Å². The third-order valence-corrected chi connectivity index (χ3v) is 2.04. The number of carbonyl (C=O) groups is 1. The predicted molar refractivity (Wildman–Crippen MR) is 51.5 cm³/mol. The van der Waals surface area contributed by atoms with Crippen molar-refractivity contribution in [1.82, 2.24) is 4.98 Å². The van der Waals surface area contributed by atoms with Gasteiger partial charge in [-0.05, 0) is 13.0 Å². The normalized spacial score (nSPS) is 13.4. The molecule has 0 amide bonds. The maximum absolute atomic E-state index is 12.2. The fourth-order valence-electron chi connectivity index (χ4n) is 1.06. The summed E-state index contributed by atoms with van der Waals surface area (Å²) in [7, 11) is 0. The highest BCUT2D eigenvalue weighted by Gasteiger charge is 2.37. The number of nitrogens with zero attached hydrogens (tertiary/aromatic N) is 1. The smallest absolute Gasteiger partial charge is 0.414 e. The Morgan fingerprint density at radius 1 is 1.59 bits per heavy atom. The van der Waals surface area contributed by atoms with Crippen molar-refractivity contribution in [2.24, 2.45) is 0 Å². The van der Waals surface area contributed by atoms with Crippen molar-refractivity contribution in [3.63, 3.8) is 0 Å². The van der Waals surface area contributed by atoms with Gasteiger partial charge in [-0.1, -0.05) is 6.07 Å². The Hall–Kier alpha value is -1.63. The van der Waals surface area contributed by atoms with Crippen LogP contribution in [0.15, 0.2) is 18.3 Å². The first kappa shape index (κ1) is 13.4. The van der Waals surface area contributed by atoms with E-state index in [0.29, 0.717) is 0 Å². The fourth-order valence-corrected chi connectivity index (χ4v) is 1.06. The third-order valence-electron chi connectivity index (χ3n) is 2.04. The lowest BCUT2D eigenvalue weighted by molar-refractivity contribution is -0.217. The number of carboxylic acid groups (broad SMARTS) is 1. The van der Waals surface area contributed by atoms with Crippen molar-refractivity contribution in [3.05, 3.63) is 29.6 Å². The second kappa shape index (κ2) is 5.13. The molecule has 1 N–H and O–H groups in total. The molecule has 1 aromatic rings. The Morgan fingerprint density at radius 3 is 2.76 bits per heavy atom. The molecule has 0 saturated heterocycles. The van der Waals surface area contributed by atoms with E-state index in [4.69, 9.17) is 5.11 Å². The summed E-state index contributed by atoms with van der Waals surface area (Å²) in [4.78, 5) is 14.3. The first-order valence-corrected chi connectivity index (χ1v) is 4.68. The van der Waals surface area contributed by atoms with Crippen LogP contribution in [0, 0.1) is 0 Å². The molecule has 0 aliphatic heterocycles. The lowest BCUT2D eigenvalue weighted by Gasteiger charge is -2.16. The van der Waals surface area contributed by atoms with Gasteiger partial charge in [-0.2, -0.15) is 13.2 Å². The molecule has 94 valence electrons. The summed E-state index contributed by atoms with van der Waals surface area (Å²) in [5.74, 6) is -1.30. The number of carboxylic acids is 1. The molecule has 0 saturated carbocycles. The van der Waals surface area contributed by atoms with Gasteiger partial charge in [0.1, 0.15) is 0 Å². The lowest BCUT2D eigenvalue weighted by atomic mass is 10.2. The van der Waals surface area contributed by atoms with Gasteiger partial charge in [-0.25, -0.2) is 9.78 Å². The molecule has 0 aromatic carbocycles. The number of aromatic carboxylic acids is 1. The minimum Gasteiger partial charge on any atom is -0.477 e. The third kappa shape index (κ3) is 3.70.